The van der Waals surface area contributed by atoms with Gasteiger partial charge in [0.1, 0.15) is 11.8 Å². The zero-order valence-corrected chi connectivity index (χ0v) is 20.7. The van der Waals surface area contributed by atoms with Gasteiger partial charge in [0.25, 0.3) is 5.91 Å². The van der Waals surface area contributed by atoms with Gasteiger partial charge in [-0.25, -0.2) is 0 Å². The summed E-state index contributed by atoms with van der Waals surface area (Å²) in [5.41, 5.74) is 2.81. The average Bonchev–Trinajstić information content (AvgIpc) is 3.58. The smallest absolute Gasteiger partial charge is 0.290 e. The molecule has 1 aliphatic rings. The molecule has 1 fully saturated rings. The summed E-state index contributed by atoms with van der Waals surface area (Å²) in [6.07, 6.45) is 5.62. The second-order valence-electron chi connectivity index (χ2n) is 9.48. The Kier molecular flexibility index (Phi) is 7.91. The Morgan fingerprint density at radius 2 is 1.74 bits per heavy atom. The fourth-order valence-corrected chi connectivity index (χ4v) is 4.68. The van der Waals surface area contributed by atoms with Gasteiger partial charge in [-0.3, -0.25) is 9.59 Å². The maximum Gasteiger partial charge on any atom is 0.290 e. The lowest BCUT2D eigenvalue weighted by Crippen LogP contribution is -2.45. The zero-order chi connectivity index (χ0) is 24.8. The van der Waals surface area contributed by atoms with Gasteiger partial charge in [0.05, 0.1) is 13.4 Å². The lowest BCUT2D eigenvalue weighted by Gasteiger charge is -2.32. The van der Waals surface area contributed by atoms with Crippen LogP contribution in [0.5, 0.6) is 5.75 Å². The minimum absolute atomic E-state index is 0.136. The summed E-state index contributed by atoms with van der Waals surface area (Å²) >= 11 is 0. The van der Waals surface area contributed by atoms with E-state index in [-0.39, 0.29) is 30.2 Å². The summed E-state index contributed by atoms with van der Waals surface area (Å²) in [5, 5.41) is 3.22. The number of rotatable bonds is 9. The van der Waals surface area contributed by atoms with Crippen LogP contribution in [0.1, 0.15) is 78.7 Å². The predicted molar refractivity (Wildman–Crippen MR) is 135 cm³/mol. The third-order valence-electron chi connectivity index (χ3n) is 6.66. The molecule has 1 N–H and O–H groups in total. The number of nitrogens with one attached hydrogen (secondary N) is 1. The number of carbonyl (C=O) groups is 2. The van der Waals surface area contributed by atoms with Crippen LogP contribution in [-0.2, 0) is 11.3 Å². The summed E-state index contributed by atoms with van der Waals surface area (Å²) in [7, 11) is 1.61. The van der Waals surface area contributed by atoms with Crippen molar-refractivity contribution in [2.75, 3.05) is 7.11 Å². The van der Waals surface area contributed by atoms with Crippen LogP contribution in [0.4, 0.5) is 0 Å². The summed E-state index contributed by atoms with van der Waals surface area (Å²) in [5.74, 6) is 0.758. The highest BCUT2D eigenvalue weighted by Gasteiger charge is 2.34. The Morgan fingerprint density at radius 1 is 1.03 bits per heavy atom. The number of furan rings is 1. The number of carbonyl (C=O) groups excluding carboxylic acids is 2. The van der Waals surface area contributed by atoms with Crippen molar-refractivity contribution in [1.29, 1.82) is 0 Å². The molecule has 1 aromatic heterocycles. The molecule has 2 aromatic carbocycles. The first kappa shape index (κ1) is 24.6. The van der Waals surface area contributed by atoms with Crippen molar-refractivity contribution in [3.8, 4) is 5.75 Å². The minimum Gasteiger partial charge on any atom is -0.497 e. The number of hydrogen-bond acceptors (Lipinski definition) is 4. The van der Waals surface area contributed by atoms with Gasteiger partial charge in [0, 0.05) is 12.6 Å². The van der Waals surface area contributed by atoms with Gasteiger partial charge in [0.15, 0.2) is 5.76 Å². The molecule has 0 saturated heterocycles. The van der Waals surface area contributed by atoms with E-state index in [1.54, 1.807) is 24.1 Å². The minimum atomic E-state index is -0.805. The Balaban J connectivity index is 1.75. The molecule has 6 nitrogen and oxygen atoms in total. The molecular weight excluding hydrogens is 440 g/mol. The van der Waals surface area contributed by atoms with Crippen molar-refractivity contribution in [3.05, 3.63) is 89.4 Å². The largest absolute Gasteiger partial charge is 0.497 e. The highest BCUT2D eigenvalue weighted by molar-refractivity contribution is 5.96. The average molecular weight is 475 g/mol. The fourth-order valence-electron chi connectivity index (χ4n) is 4.68. The van der Waals surface area contributed by atoms with E-state index >= 15 is 0 Å². The van der Waals surface area contributed by atoms with Gasteiger partial charge in [0.2, 0.25) is 5.91 Å². The predicted octanol–water partition coefficient (Wildman–Crippen LogP) is 5.85. The molecule has 1 atom stereocenters. The van der Waals surface area contributed by atoms with Crippen molar-refractivity contribution in [1.82, 2.24) is 10.2 Å². The molecule has 184 valence electrons. The normalized spacial score (nSPS) is 14.6. The van der Waals surface area contributed by atoms with Crippen LogP contribution in [0.25, 0.3) is 0 Å². The van der Waals surface area contributed by atoms with Crippen molar-refractivity contribution >= 4 is 11.8 Å². The van der Waals surface area contributed by atoms with Crippen molar-refractivity contribution < 1.29 is 18.7 Å². The first-order valence-corrected chi connectivity index (χ1v) is 12.3. The molecule has 3 aromatic rings. The van der Waals surface area contributed by atoms with Crippen LogP contribution < -0.4 is 10.1 Å². The summed E-state index contributed by atoms with van der Waals surface area (Å²) in [6.45, 7) is 4.50. The Labute approximate surface area is 207 Å². The van der Waals surface area contributed by atoms with E-state index in [4.69, 9.17) is 9.15 Å². The third kappa shape index (κ3) is 5.94. The number of benzene rings is 2. The summed E-state index contributed by atoms with van der Waals surface area (Å²) in [4.78, 5) is 29.1. The number of methoxy groups -OCH3 is 1. The maximum atomic E-state index is 13.8. The number of hydrogen-bond donors (Lipinski definition) is 1. The fraction of sp³-hybridized carbons (Fsp3) is 0.379. The van der Waals surface area contributed by atoms with Gasteiger partial charge in [-0.15, -0.1) is 0 Å². The van der Waals surface area contributed by atoms with Crippen LogP contribution in [0.3, 0.4) is 0 Å². The molecule has 0 spiro atoms. The molecule has 4 rings (SSSR count). The zero-order valence-electron chi connectivity index (χ0n) is 20.7. The molecular formula is C29H34N2O4. The molecule has 0 radical (unpaired) electrons. The van der Waals surface area contributed by atoms with Crippen LogP contribution in [-0.4, -0.2) is 29.9 Å². The molecule has 6 heteroatoms. The van der Waals surface area contributed by atoms with E-state index in [1.165, 1.54) is 11.8 Å². The summed E-state index contributed by atoms with van der Waals surface area (Å²) < 4.78 is 10.8. The van der Waals surface area contributed by atoms with Gasteiger partial charge >= 0.3 is 0 Å². The van der Waals surface area contributed by atoms with Gasteiger partial charge < -0.3 is 19.4 Å². The maximum absolute atomic E-state index is 13.8. The van der Waals surface area contributed by atoms with Crippen molar-refractivity contribution in [3.63, 3.8) is 0 Å². The van der Waals surface area contributed by atoms with Gasteiger partial charge in [-0.2, -0.15) is 0 Å². The van der Waals surface area contributed by atoms with E-state index in [9.17, 15) is 9.59 Å². The lowest BCUT2D eigenvalue weighted by molar-refractivity contribution is -0.126. The molecule has 1 heterocycles. The summed E-state index contributed by atoms with van der Waals surface area (Å²) in [6, 6.07) is 18.2. The van der Waals surface area contributed by atoms with E-state index in [2.05, 4.69) is 19.2 Å². The van der Waals surface area contributed by atoms with Gasteiger partial charge in [-0.1, -0.05) is 63.1 Å². The van der Waals surface area contributed by atoms with Gasteiger partial charge in [-0.05, 0) is 59.7 Å². The molecule has 35 heavy (non-hydrogen) atoms. The number of nitrogens with zero attached hydrogens (tertiary/aromatic N) is 1. The molecule has 1 unspecified atom stereocenters. The Bertz CT molecular complexity index is 1120. The Morgan fingerprint density at radius 3 is 2.37 bits per heavy atom. The van der Waals surface area contributed by atoms with Crippen LogP contribution in [0, 0.1) is 0 Å². The second-order valence-corrected chi connectivity index (χ2v) is 9.48. The van der Waals surface area contributed by atoms with E-state index in [0.29, 0.717) is 11.7 Å². The highest BCUT2D eigenvalue weighted by Crippen LogP contribution is 2.29. The van der Waals surface area contributed by atoms with E-state index in [1.807, 2.05) is 48.5 Å². The first-order valence-electron chi connectivity index (χ1n) is 12.3. The van der Waals surface area contributed by atoms with Crippen LogP contribution in [0.2, 0.25) is 0 Å². The highest BCUT2D eigenvalue weighted by atomic mass is 16.5. The molecule has 0 bridgehead atoms. The topological polar surface area (TPSA) is 71.8 Å². The Hall–Kier alpha value is -3.54. The first-order chi connectivity index (χ1) is 17.0. The quantitative estimate of drug-likeness (QED) is 0.422. The monoisotopic (exact) mass is 474 g/mol. The molecule has 2 amide bonds. The van der Waals surface area contributed by atoms with Crippen LogP contribution >= 0.6 is 0 Å². The van der Waals surface area contributed by atoms with E-state index < -0.39 is 6.04 Å². The number of amides is 2. The number of ether oxygens (including phenoxy) is 1. The molecule has 1 aliphatic carbocycles. The van der Waals surface area contributed by atoms with Crippen molar-refractivity contribution in [2.45, 2.75) is 64.1 Å². The second kappa shape index (κ2) is 11.3. The van der Waals surface area contributed by atoms with E-state index in [0.717, 1.165) is 36.8 Å². The molecule has 1 saturated carbocycles. The van der Waals surface area contributed by atoms with Crippen molar-refractivity contribution in [2.24, 2.45) is 0 Å². The standard InChI is InChI=1S/C29H34N2O4/c1-20(2)22-13-15-23(16-14-22)27(28(32)30-24-9-4-5-10-24)31(29(33)26-12-7-17-35-26)19-21-8-6-11-25(18-21)34-3/h6-8,11-18,20,24,27H,4-5,9-10,19H2,1-3H3,(H,30,32). The van der Waals surface area contributed by atoms with Crippen LogP contribution in [0.15, 0.2) is 71.3 Å². The molecule has 0 aliphatic heterocycles. The third-order valence-corrected chi connectivity index (χ3v) is 6.66. The SMILES string of the molecule is COc1cccc(CN(C(=O)c2ccco2)C(C(=O)NC2CCCC2)c2ccc(C(C)C)cc2)c1. The lowest BCUT2D eigenvalue weighted by atomic mass is 9.97.